The topological polar surface area (TPSA) is 177 Å². The highest BCUT2D eigenvalue weighted by Gasteiger charge is 2.32. The monoisotopic (exact) mass is 665 g/mol. The normalized spacial score (nSPS) is 16.0. The van der Waals surface area contributed by atoms with Crippen molar-refractivity contribution in [2.75, 3.05) is 39.0 Å². The molecule has 2 heterocycles. The summed E-state index contributed by atoms with van der Waals surface area (Å²) in [6, 6.07) is 12.1. The van der Waals surface area contributed by atoms with Crippen LogP contribution in [-0.2, 0) is 36.2 Å². The zero-order valence-electron chi connectivity index (χ0n) is 25.8. The molecule has 14 nitrogen and oxygen atoms in total. The number of aromatic nitrogens is 1. The third kappa shape index (κ3) is 8.19. The van der Waals surface area contributed by atoms with Crippen molar-refractivity contribution in [2.45, 2.75) is 50.8 Å². The van der Waals surface area contributed by atoms with E-state index in [2.05, 4.69) is 4.72 Å². The Morgan fingerprint density at radius 2 is 1.60 bits per heavy atom. The molecule has 0 spiro atoms. The van der Waals surface area contributed by atoms with E-state index in [9.17, 15) is 31.6 Å². The van der Waals surface area contributed by atoms with Gasteiger partial charge in [-0.3, -0.25) is 14.9 Å². The number of carbonyl (C=O) groups excluding carboxylic acids is 2. The van der Waals surface area contributed by atoms with E-state index in [1.165, 1.54) is 33.1 Å². The fourth-order valence-electron chi connectivity index (χ4n) is 5.11. The van der Waals surface area contributed by atoms with Crippen LogP contribution in [0.5, 0.6) is 5.75 Å². The smallest absolute Gasteiger partial charge is 0.419 e. The number of carbonyl (C=O) groups is 2. The van der Waals surface area contributed by atoms with E-state index in [-0.39, 0.29) is 44.2 Å². The Morgan fingerprint density at radius 3 is 2.18 bits per heavy atom. The predicted molar refractivity (Wildman–Crippen MR) is 166 cm³/mol. The van der Waals surface area contributed by atoms with Crippen molar-refractivity contribution in [3.8, 4) is 5.75 Å². The molecule has 1 aliphatic rings. The van der Waals surface area contributed by atoms with E-state index in [1.807, 2.05) is 24.3 Å². The molecule has 3 aromatic rings. The maximum atomic E-state index is 13.1. The molecule has 4 rings (SSSR count). The number of amides is 1. The first-order valence-corrected chi connectivity index (χ1v) is 17.5. The van der Waals surface area contributed by atoms with Crippen LogP contribution in [0, 0.1) is 6.92 Å². The van der Waals surface area contributed by atoms with Crippen LogP contribution in [-0.4, -0.2) is 98.4 Å². The molecule has 1 atom stereocenters. The zero-order chi connectivity index (χ0) is 33.2. The summed E-state index contributed by atoms with van der Waals surface area (Å²) in [4.78, 5) is 26.9. The molecule has 1 aromatic heterocycles. The van der Waals surface area contributed by atoms with Crippen LogP contribution in [0.3, 0.4) is 0 Å². The lowest BCUT2D eigenvalue weighted by Gasteiger charge is -2.37. The highest BCUT2D eigenvalue weighted by atomic mass is 32.2. The van der Waals surface area contributed by atoms with Gasteiger partial charge in [-0.1, -0.05) is 18.2 Å². The Bertz CT molecular complexity index is 1760. The summed E-state index contributed by atoms with van der Waals surface area (Å²) >= 11 is 0. The highest BCUT2D eigenvalue weighted by molar-refractivity contribution is 7.89. The van der Waals surface area contributed by atoms with Gasteiger partial charge in [0, 0.05) is 49.4 Å². The lowest BCUT2D eigenvalue weighted by Crippen LogP contribution is -2.58. The molecule has 0 radical (unpaired) electrons. The minimum Gasteiger partial charge on any atom is -0.489 e. The minimum atomic E-state index is -4.07. The quantitative estimate of drug-likeness (QED) is 0.215. The number of nitrogens with zero attached hydrogens (tertiary/aromatic N) is 3. The number of benzene rings is 2. The number of rotatable bonds is 10. The van der Waals surface area contributed by atoms with Crippen LogP contribution in [0.1, 0.15) is 32.0 Å². The molecule has 16 heteroatoms. The average molecular weight is 666 g/mol. The average Bonchev–Trinajstić information content (AvgIpc) is 3.26. The third-order valence-electron chi connectivity index (χ3n) is 7.40. The van der Waals surface area contributed by atoms with E-state index in [1.54, 1.807) is 38.1 Å². The fraction of sp³-hybridized carbons (Fsp3) is 0.448. The first-order valence-electron chi connectivity index (χ1n) is 14.2. The lowest BCUT2D eigenvalue weighted by molar-refractivity contribution is -0.135. The number of piperazine rings is 1. The van der Waals surface area contributed by atoms with Gasteiger partial charge in [0.15, 0.2) is 0 Å². The Labute approximate surface area is 262 Å². The van der Waals surface area contributed by atoms with Crippen molar-refractivity contribution in [2.24, 2.45) is 0 Å². The number of nitrogens with one attached hydrogen (secondary N) is 2. The Balaban J connectivity index is 1.43. The number of sulfonamides is 2. The number of para-hydroxylation sites is 1. The van der Waals surface area contributed by atoms with Gasteiger partial charge in [-0.25, -0.2) is 36.4 Å². The van der Waals surface area contributed by atoms with Crippen LogP contribution < -0.4 is 14.9 Å². The van der Waals surface area contributed by atoms with E-state index in [0.29, 0.717) is 17.0 Å². The van der Waals surface area contributed by atoms with Crippen molar-refractivity contribution in [3.63, 3.8) is 0 Å². The van der Waals surface area contributed by atoms with Crippen molar-refractivity contribution >= 4 is 42.9 Å². The van der Waals surface area contributed by atoms with Crippen molar-refractivity contribution in [1.82, 2.24) is 24.0 Å². The number of fused-ring (bicyclic) bond motifs is 1. The minimum absolute atomic E-state index is 0.0717. The van der Waals surface area contributed by atoms with Gasteiger partial charge in [0.05, 0.1) is 16.7 Å². The molecule has 45 heavy (non-hydrogen) atoms. The van der Waals surface area contributed by atoms with Gasteiger partial charge in [0.1, 0.15) is 24.0 Å². The summed E-state index contributed by atoms with van der Waals surface area (Å²) in [7, 11) is -7.47. The summed E-state index contributed by atoms with van der Waals surface area (Å²) in [6.45, 7) is 7.55. The van der Waals surface area contributed by atoms with E-state index in [0.717, 1.165) is 17.2 Å². The standard InChI is InChI=1S/C29H39N5O9S2/c1-20-24(23-8-6-7-9-25(23)34(20)28(36)43-29(2,3)4)19-42-21-10-12-22(13-11-21)45(40,41)30-18-26(27(35)31-37)32-14-16-33(17-15-32)44(5,38)39/h6-13,26,30,37H,14-19H2,1-5H3,(H,31,35)/t26-/m0/s1. The summed E-state index contributed by atoms with van der Waals surface area (Å²) in [5.41, 5.74) is 3.00. The summed E-state index contributed by atoms with van der Waals surface area (Å²) in [5, 5.41) is 10.1. The maximum absolute atomic E-state index is 13.1. The van der Waals surface area contributed by atoms with Crippen LogP contribution in [0.15, 0.2) is 53.4 Å². The second-order valence-corrected chi connectivity index (χ2v) is 15.4. The van der Waals surface area contributed by atoms with Crippen LogP contribution in [0.4, 0.5) is 4.79 Å². The summed E-state index contributed by atoms with van der Waals surface area (Å²) in [5.74, 6) is -0.429. The molecule has 2 aromatic carbocycles. The molecule has 0 unspecified atom stereocenters. The number of hydroxylamine groups is 1. The molecule has 1 fully saturated rings. The maximum Gasteiger partial charge on any atom is 0.419 e. The summed E-state index contributed by atoms with van der Waals surface area (Å²) < 4.78 is 66.5. The van der Waals surface area contributed by atoms with Crippen molar-refractivity contribution in [1.29, 1.82) is 0 Å². The molecule has 0 bridgehead atoms. The molecule has 0 saturated carbocycles. The molecular formula is C29H39N5O9S2. The number of hydrogen-bond acceptors (Lipinski definition) is 10. The Kier molecular flexibility index (Phi) is 10.3. The third-order valence-corrected chi connectivity index (χ3v) is 10.1. The Morgan fingerprint density at radius 1 is 0.978 bits per heavy atom. The first kappa shape index (κ1) is 34.3. The zero-order valence-corrected chi connectivity index (χ0v) is 27.4. The molecule has 0 aliphatic carbocycles. The number of hydrogen-bond donors (Lipinski definition) is 3. The van der Waals surface area contributed by atoms with Gasteiger partial charge in [0.25, 0.3) is 5.91 Å². The SMILES string of the molecule is Cc1c(COc2ccc(S(=O)(=O)NC[C@@H](C(=O)NO)N3CCN(S(C)(=O)=O)CC3)cc2)c2ccccc2n1C(=O)OC(C)(C)C. The van der Waals surface area contributed by atoms with E-state index >= 15 is 0 Å². The molecule has 246 valence electrons. The van der Waals surface area contributed by atoms with Crippen LogP contribution >= 0.6 is 0 Å². The van der Waals surface area contributed by atoms with Crippen molar-refractivity contribution < 1.29 is 41.1 Å². The lowest BCUT2D eigenvalue weighted by atomic mass is 10.1. The van der Waals surface area contributed by atoms with Gasteiger partial charge >= 0.3 is 6.09 Å². The second-order valence-electron chi connectivity index (χ2n) is 11.7. The Hall–Kier alpha value is -3.54. The molecule has 3 N–H and O–H groups in total. The second kappa shape index (κ2) is 13.4. The van der Waals surface area contributed by atoms with E-state index in [4.69, 9.17) is 9.47 Å². The van der Waals surface area contributed by atoms with Crippen LogP contribution in [0.25, 0.3) is 10.9 Å². The van der Waals surface area contributed by atoms with Gasteiger partial charge < -0.3 is 9.47 Å². The van der Waals surface area contributed by atoms with Crippen molar-refractivity contribution in [3.05, 3.63) is 59.8 Å². The molecular weight excluding hydrogens is 626 g/mol. The van der Waals surface area contributed by atoms with Crippen LogP contribution in [0.2, 0.25) is 0 Å². The molecule has 1 saturated heterocycles. The molecule has 1 amide bonds. The van der Waals surface area contributed by atoms with Gasteiger partial charge in [-0.05, 0) is 58.0 Å². The predicted octanol–water partition coefficient (Wildman–Crippen LogP) is 2.04. The first-order chi connectivity index (χ1) is 21.0. The summed E-state index contributed by atoms with van der Waals surface area (Å²) in [6.07, 6.45) is 0.594. The largest absolute Gasteiger partial charge is 0.489 e. The van der Waals surface area contributed by atoms with Gasteiger partial charge in [-0.2, -0.15) is 4.31 Å². The van der Waals surface area contributed by atoms with E-state index < -0.39 is 43.7 Å². The fourth-order valence-corrected chi connectivity index (χ4v) is 6.98. The highest BCUT2D eigenvalue weighted by Crippen LogP contribution is 2.28. The van der Waals surface area contributed by atoms with Gasteiger partial charge in [0.2, 0.25) is 20.0 Å². The van der Waals surface area contributed by atoms with Gasteiger partial charge in [-0.15, -0.1) is 0 Å². The molecule has 1 aliphatic heterocycles. The number of ether oxygens (including phenoxy) is 2.